The van der Waals surface area contributed by atoms with Gasteiger partial charge in [0.25, 0.3) is 5.91 Å². The zero-order valence-electron chi connectivity index (χ0n) is 16.6. The van der Waals surface area contributed by atoms with Gasteiger partial charge in [0.1, 0.15) is 6.10 Å². The number of nitrogens with one attached hydrogen (secondary N) is 1. The summed E-state index contributed by atoms with van der Waals surface area (Å²) in [6.07, 6.45) is 4.56. The van der Waals surface area contributed by atoms with E-state index in [0.717, 1.165) is 56.5 Å². The maximum atomic E-state index is 12.4. The Hall–Kier alpha value is -1.96. The summed E-state index contributed by atoms with van der Waals surface area (Å²) in [6.45, 7) is 4.47. The van der Waals surface area contributed by atoms with Crippen LogP contribution < -0.4 is 11.1 Å². The lowest BCUT2D eigenvalue weighted by atomic mass is 10.1. The molecule has 0 radical (unpaired) electrons. The van der Waals surface area contributed by atoms with Crippen LogP contribution in [0.4, 0.5) is 5.69 Å². The van der Waals surface area contributed by atoms with Crippen LogP contribution in [0.1, 0.15) is 44.6 Å². The van der Waals surface area contributed by atoms with Gasteiger partial charge in [0.2, 0.25) is 5.91 Å². The lowest BCUT2D eigenvalue weighted by Gasteiger charge is -2.24. The maximum Gasteiger partial charge on any atom is 0.253 e. The van der Waals surface area contributed by atoms with E-state index in [1.54, 1.807) is 6.92 Å². The molecule has 0 bridgehead atoms. The van der Waals surface area contributed by atoms with Gasteiger partial charge in [-0.05, 0) is 63.3 Å². The van der Waals surface area contributed by atoms with Crippen LogP contribution >= 0.6 is 0 Å². The third kappa shape index (κ3) is 5.77. The number of anilines is 1. The molecule has 154 valence electrons. The highest BCUT2D eigenvalue weighted by molar-refractivity contribution is 5.93. The predicted molar refractivity (Wildman–Crippen MR) is 107 cm³/mol. The number of benzene rings is 1. The Morgan fingerprint density at radius 1 is 1.32 bits per heavy atom. The summed E-state index contributed by atoms with van der Waals surface area (Å²) in [7, 11) is 0. The van der Waals surface area contributed by atoms with Gasteiger partial charge in [-0.1, -0.05) is 12.1 Å². The first-order valence-electron chi connectivity index (χ1n) is 10.2. The zero-order valence-corrected chi connectivity index (χ0v) is 16.6. The number of nitrogens with two attached hydrogens (primary N) is 1. The molecule has 28 heavy (non-hydrogen) atoms. The number of carbonyl (C=O) groups excluding carboxylic acids is 2. The fourth-order valence-electron chi connectivity index (χ4n) is 3.83. The molecule has 1 aromatic rings. The molecule has 2 aliphatic heterocycles. The molecular weight excluding hydrogens is 358 g/mol. The van der Waals surface area contributed by atoms with E-state index < -0.39 is 6.10 Å². The highest BCUT2D eigenvalue weighted by Crippen LogP contribution is 2.21. The Morgan fingerprint density at radius 3 is 2.93 bits per heavy atom. The summed E-state index contributed by atoms with van der Waals surface area (Å²) < 4.78 is 11.3. The number of carbonyl (C=O) groups is 2. The highest BCUT2D eigenvalue weighted by atomic mass is 16.5. The Balaban J connectivity index is 1.50. The predicted octanol–water partition coefficient (Wildman–Crippen LogP) is 2.05. The molecule has 2 fully saturated rings. The number of hydrogen-bond donors (Lipinski definition) is 2. The van der Waals surface area contributed by atoms with Gasteiger partial charge >= 0.3 is 0 Å². The standard InChI is InChI=1S/C21H31N3O4/c1-15(28-14-18-8-2-3-11-27-18)21(26)23-17-7-4-6-16(12-17)13-24-10-5-9-19(24)20(22)25/h4,6-7,12,15,18-19H,2-3,5,8-11,13-14H2,1H3,(H2,22,25)(H,23,26). The fourth-order valence-corrected chi connectivity index (χ4v) is 3.83. The van der Waals surface area contributed by atoms with E-state index in [2.05, 4.69) is 10.2 Å². The Morgan fingerprint density at radius 2 is 2.18 bits per heavy atom. The molecule has 7 heteroatoms. The van der Waals surface area contributed by atoms with Crippen molar-refractivity contribution in [3.8, 4) is 0 Å². The van der Waals surface area contributed by atoms with Gasteiger partial charge in [-0.15, -0.1) is 0 Å². The van der Waals surface area contributed by atoms with Gasteiger partial charge in [-0.2, -0.15) is 0 Å². The monoisotopic (exact) mass is 389 g/mol. The SMILES string of the molecule is CC(OCC1CCCCO1)C(=O)Nc1cccc(CN2CCCC2C(N)=O)c1. The van der Waals surface area contributed by atoms with Crippen molar-refractivity contribution in [2.75, 3.05) is 25.1 Å². The lowest BCUT2D eigenvalue weighted by molar-refractivity contribution is -0.130. The van der Waals surface area contributed by atoms with Crippen molar-refractivity contribution in [1.29, 1.82) is 0 Å². The van der Waals surface area contributed by atoms with Crippen molar-refractivity contribution in [3.05, 3.63) is 29.8 Å². The lowest BCUT2D eigenvalue weighted by Crippen LogP contribution is -2.39. The van der Waals surface area contributed by atoms with Crippen LogP contribution in [-0.4, -0.2) is 54.7 Å². The average molecular weight is 389 g/mol. The van der Waals surface area contributed by atoms with Crippen molar-refractivity contribution in [1.82, 2.24) is 4.90 Å². The first-order valence-corrected chi connectivity index (χ1v) is 10.2. The summed E-state index contributed by atoms with van der Waals surface area (Å²) in [6, 6.07) is 7.49. The van der Waals surface area contributed by atoms with E-state index in [4.69, 9.17) is 15.2 Å². The van der Waals surface area contributed by atoms with E-state index >= 15 is 0 Å². The molecule has 2 aliphatic rings. The average Bonchev–Trinajstić information content (AvgIpc) is 3.15. The molecule has 2 saturated heterocycles. The smallest absolute Gasteiger partial charge is 0.253 e. The molecule has 2 heterocycles. The van der Waals surface area contributed by atoms with Gasteiger partial charge in [0, 0.05) is 18.8 Å². The summed E-state index contributed by atoms with van der Waals surface area (Å²) in [5, 5.41) is 2.91. The quantitative estimate of drug-likeness (QED) is 0.710. The second-order valence-corrected chi connectivity index (χ2v) is 7.68. The van der Waals surface area contributed by atoms with Crippen molar-refractivity contribution in [2.24, 2.45) is 5.73 Å². The molecule has 0 aliphatic carbocycles. The van der Waals surface area contributed by atoms with Gasteiger partial charge < -0.3 is 20.5 Å². The van der Waals surface area contributed by atoms with Crippen molar-refractivity contribution < 1.29 is 19.1 Å². The van der Waals surface area contributed by atoms with Crippen molar-refractivity contribution >= 4 is 17.5 Å². The Labute approximate surface area is 166 Å². The van der Waals surface area contributed by atoms with Crippen LogP contribution in [0.2, 0.25) is 0 Å². The third-order valence-electron chi connectivity index (χ3n) is 5.45. The van der Waals surface area contributed by atoms with E-state index in [1.807, 2.05) is 24.3 Å². The normalized spacial score (nSPS) is 24.0. The van der Waals surface area contributed by atoms with Crippen molar-refractivity contribution in [2.45, 2.75) is 63.8 Å². The van der Waals surface area contributed by atoms with Gasteiger partial charge in [0.05, 0.1) is 18.8 Å². The minimum atomic E-state index is -0.549. The molecule has 2 amide bonds. The van der Waals surface area contributed by atoms with Gasteiger partial charge in [-0.3, -0.25) is 14.5 Å². The topological polar surface area (TPSA) is 93.9 Å². The van der Waals surface area contributed by atoms with Crippen LogP contribution in [0.5, 0.6) is 0 Å². The number of ether oxygens (including phenoxy) is 2. The van der Waals surface area contributed by atoms with E-state index in [0.29, 0.717) is 13.2 Å². The summed E-state index contributed by atoms with van der Waals surface area (Å²) >= 11 is 0. The molecule has 0 saturated carbocycles. The minimum absolute atomic E-state index is 0.0889. The number of nitrogens with zero attached hydrogens (tertiary/aromatic N) is 1. The second-order valence-electron chi connectivity index (χ2n) is 7.68. The minimum Gasteiger partial charge on any atom is -0.376 e. The van der Waals surface area contributed by atoms with Crippen LogP contribution in [0, 0.1) is 0 Å². The zero-order chi connectivity index (χ0) is 19.9. The first-order chi connectivity index (χ1) is 13.5. The van der Waals surface area contributed by atoms with Crippen LogP contribution in [0.25, 0.3) is 0 Å². The second kappa shape index (κ2) is 10.0. The molecule has 3 rings (SSSR count). The van der Waals surface area contributed by atoms with Crippen LogP contribution in [0.3, 0.4) is 0 Å². The fraction of sp³-hybridized carbons (Fsp3) is 0.619. The summed E-state index contributed by atoms with van der Waals surface area (Å²) in [5.41, 5.74) is 7.25. The number of primary amides is 1. The molecule has 1 aromatic carbocycles. The first kappa shape index (κ1) is 20.8. The van der Waals surface area contributed by atoms with Gasteiger partial charge in [0.15, 0.2) is 0 Å². The largest absolute Gasteiger partial charge is 0.376 e. The maximum absolute atomic E-state index is 12.4. The molecule has 0 spiro atoms. The van der Waals surface area contributed by atoms with E-state index in [1.165, 1.54) is 0 Å². The molecule has 3 atom stereocenters. The number of amides is 2. The molecule has 0 aromatic heterocycles. The molecule has 7 nitrogen and oxygen atoms in total. The number of likely N-dealkylation sites (tertiary alicyclic amines) is 1. The third-order valence-corrected chi connectivity index (χ3v) is 5.45. The van der Waals surface area contributed by atoms with E-state index in [-0.39, 0.29) is 24.0 Å². The van der Waals surface area contributed by atoms with Crippen molar-refractivity contribution in [3.63, 3.8) is 0 Å². The van der Waals surface area contributed by atoms with Crippen LogP contribution in [0.15, 0.2) is 24.3 Å². The van der Waals surface area contributed by atoms with Gasteiger partial charge in [-0.25, -0.2) is 0 Å². The number of rotatable bonds is 8. The molecule has 3 N–H and O–H groups in total. The summed E-state index contributed by atoms with van der Waals surface area (Å²) in [5.74, 6) is -0.445. The molecule has 3 unspecified atom stereocenters. The highest BCUT2D eigenvalue weighted by Gasteiger charge is 2.28. The van der Waals surface area contributed by atoms with E-state index in [9.17, 15) is 9.59 Å². The number of hydrogen-bond acceptors (Lipinski definition) is 5. The van der Waals surface area contributed by atoms with Crippen LogP contribution in [-0.2, 0) is 25.6 Å². The molecular formula is C21H31N3O4. The Bertz CT molecular complexity index is 675. The summed E-state index contributed by atoms with van der Waals surface area (Å²) in [4.78, 5) is 26.1. The Kier molecular flexibility index (Phi) is 7.42.